The van der Waals surface area contributed by atoms with Crippen LogP contribution < -0.4 is 14.8 Å². The average Bonchev–Trinajstić information content (AvgIpc) is 2.40. The topological polar surface area (TPSA) is 56.8 Å². The second kappa shape index (κ2) is 6.99. The fourth-order valence-electron chi connectivity index (χ4n) is 1.93. The van der Waals surface area contributed by atoms with Crippen LogP contribution >= 0.6 is 0 Å². The summed E-state index contributed by atoms with van der Waals surface area (Å²) in [4.78, 5) is 11.9. The molecule has 0 amide bonds. The van der Waals surface area contributed by atoms with Gasteiger partial charge in [0.2, 0.25) is 0 Å². The van der Waals surface area contributed by atoms with E-state index in [9.17, 15) is 4.79 Å². The highest BCUT2D eigenvalue weighted by atomic mass is 16.5. The standard InChI is InChI=1S/C14H21NO4/c1-6-19-14(16)13(15-3)10-8-11(17-4)9(2)7-12(10)18-5/h7-8,13,15H,6H2,1-5H3. The van der Waals surface area contributed by atoms with Crippen LogP contribution in [0.5, 0.6) is 11.5 Å². The lowest BCUT2D eigenvalue weighted by Crippen LogP contribution is -2.27. The molecule has 0 aromatic heterocycles. The van der Waals surface area contributed by atoms with Gasteiger partial charge in [-0.15, -0.1) is 0 Å². The van der Waals surface area contributed by atoms with Crippen LogP contribution in [0, 0.1) is 6.92 Å². The Kier molecular flexibility index (Phi) is 5.63. The van der Waals surface area contributed by atoms with Crippen molar-refractivity contribution in [3.63, 3.8) is 0 Å². The average molecular weight is 267 g/mol. The van der Waals surface area contributed by atoms with Crippen LogP contribution in [-0.4, -0.2) is 33.8 Å². The van der Waals surface area contributed by atoms with Crippen LogP contribution in [0.2, 0.25) is 0 Å². The molecule has 106 valence electrons. The molecular weight excluding hydrogens is 246 g/mol. The van der Waals surface area contributed by atoms with E-state index in [2.05, 4.69) is 5.32 Å². The Labute approximate surface area is 113 Å². The summed E-state index contributed by atoms with van der Waals surface area (Å²) >= 11 is 0. The zero-order chi connectivity index (χ0) is 14.4. The number of nitrogens with one attached hydrogen (secondary N) is 1. The number of hydrogen-bond donors (Lipinski definition) is 1. The molecule has 0 aliphatic carbocycles. The molecule has 0 heterocycles. The van der Waals surface area contributed by atoms with Gasteiger partial charge in [0, 0.05) is 5.56 Å². The summed E-state index contributed by atoms with van der Waals surface area (Å²) in [5, 5.41) is 2.94. The number of carbonyl (C=O) groups excluding carboxylic acids is 1. The Morgan fingerprint density at radius 3 is 2.37 bits per heavy atom. The van der Waals surface area contributed by atoms with E-state index in [4.69, 9.17) is 14.2 Å². The number of benzene rings is 1. The molecule has 1 aromatic carbocycles. The third-order valence-corrected chi connectivity index (χ3v) is 2.87. The van der Waals surface area contributed by atoms with Gasteiger partial charge in [-0.1, -0.05) is 0 Å². The summed E-state index contributed by atoms with van der Waals surface area (Å²) in [6.07, 6.45) is 0. The second-order valence-electron chi connectivity index (χ2n) is 4.04. The van der Waals surface area contributed by atoms with Gasteiger partial charge in [-0.3, -0.25) is 0 Å². The number of esters is 1. The van der Waals surface area contributed by atoms with Crippen LogP contribution in [0.1, 0.15) is 24.1 Å². The fraction of sp³-hybridized carbons (Fsp3) is 0.500. The Morgan fingerprint density at radius 1 is 1.26 bits per heavy atom. The van der Waals surface area contributed by atoms with Crippen LogP contribution in [0.3, 0.4) is 0 Å². The predicted molar refractivity (Wildman–Crippen MR) is 72.7 cm³/mol. The zero-order valence-corrected chi connectivity index (χ0v) is 12.1. The third-order valence-electron chi connectivity index (χ3n) is 2.87. The molecule has 0 fully saturated rings. The van der Waals surface area contributed by atoms with E-state index in [-0.39, 0.29) is 5.97 Å². The van der Waals surface area contributed by atoms with E-state index in [1.807, 2.05) is 13.0 Å². The van der Waals surface area contributed by atoms with Crippen molar-refractivity contribution < 1.29 is 19.0 Å². The number of hydrogen-bond acceptors (Lipinski definition) is 5. The highest BCUT2D eigenvalue weighted by molar-refractivity contribution is 5.79. The first-order valence-electron chi connectivity index (χ1n) is 6.15. The molecular formula is C14H21NO4. The fourth-order valence-corrected chi connectivity index (χ4v) is 1.93. The Bertz CT molecular complexity index is 445. The number of carbonyl (C=O) groups is 1. The van der Waals surface area contributed by atoms with E-state index in [1.165, 1.54) is 0 Å². The number of methoxy groups -OCH3 is 2. The van der Waals surface area contributed by atoms with Crippen LogP contribution in [0.25, 0.3) is 0 Å². The molecule has 5 heteroatoms. The first kappa shape index (κ1) is 15.3. The molecule has 0 saturated heterocycles. The highest BCUT2D eigenvalue weighted by Gasteiger charge is 2.24. The van der Waals surface area contributed by atoms with Crippen LogP contribution in [-0.2, 0) is 9.53 Å². The van der Waals surface area contributed by atoms with Crippen LogP contribution in [0.15, 0.2) is 12.1 Å². The summed E-state index contributed by atoms with van der Waals surface area (Å²) in [7, 11) is 4.87. The Morgan fingerprint density at radius 2 is 1.89 bits per heavy atom. The molecule has 0 bridgehead atoms. The molecule has 0 aliphatic heterocycles. The van der Waals surface area contributed by atoms with Gasteiger partial charge in [0.05, 0.1) is 20.8 Å². The molecule has 19 heavy (non-hydrogen) atoms. The first-order chi connectivity index (χ1) is 9.08. The molecule has 1 atom stereocenters. The molecule has 5 nitrogen and oxygen atoms in total. The monoisotopic (exact) mass is 267 g/mol. The van der Waals surface area contributed by atoms with Crippen molar-refractivity contribution in [1.29, 1.82) is 0 Å². The maximum Gasteiger partial charge on any atom is 0.327 e. The van der Waals surface area contributed by atoms with Gasteiger partial charge in [-0.2, -0.15) is 0 Å². The van der Waals surface area contributed by atoms with Gasteiger partial charge >= 0.3 is 5.97 Å². The largest absolute Gasteiger partial charge is 0.496 e. The lowest BCUT2D eigenvalue weighted by Gasteiger charge is -2.19. The van der Waals surface area contributed by atoms with Gasteiger partial charge in [-0.05, 0) is 38.6 Å². The molecule has 0 radical (unpaired) electrons. The number of rotatable bonds is 6. The lowest BCUT2D eigenvalue weighted by atomic mass is 10.0. The molecule has 1 aromatic rings. The van der Waals surface area contributed by atoms with Gasteiger partial charge in [0.1, 0.15) is 17.5 Å². The van der Waals surface area contributed by atoms with E-state index < -0.39 is 6.04 Å². The van der Waals surface area contributed by atoms with Crippen molar-refractivity contribution in [3.05, 3.63) is 23.3 Å². The summed E-state index contributed by atoms with van der Waals surface area (Å²) in [6, 6.07) is 3.06. The molecule has 0 aliphatic rings. The third kappa shape index (κ3) is 3.38. The SMILES string of the molecule is CCOC(=O)C(NC)c1cc(OC)c(C)cc1OC. The van der Waals surface area contributed by atoms with E-state index in [0.29, 0.717) is 23.7 Å². The molecule has 0 spiro atoms. The van der Waals surface area contributed by atoms with Crippen molar-refractivity contribution in [2.45, 2.75) is 19.9 Å². The Hall–Kier alpha value is -1.75. The smallest absolute Gasteiger partial charge is 0.327 e. The normalized spacial score (nSPS) is 11.8. The van der Waals surface area contributed by atoms with E-state index in [0.717, 1.165) is 5.56 Å². The summed E-state index contributed by atoms with van der Waals surface area (Å²) in [5.41, 5.74) is 1.65. The van der Waals surface area contributed by atoms with Crippen LogP contribution in [0.4, 0.5) is 0 Å². The number of aryl methyl sites for hydroxylation is 1. The minimum Gasteiger partial charge on any atom is -0.496 e. The lowest BCUT2D eigenvalue weighted by molar-refractivity contribution is -0.145. The van der Waals surface area contributed by atoms with Crippen molar-refractivity contribution in [3.8, 4) is 11.5 Å². The second-order valence-corrected chi connectivity index (χ2v) is 4.04. The quantitative estimate of drug-likeness (QED) is 0.797. The van der Waals surface area contributed by atoms with Crippen molar-refractivity contribution >= 4 is 5.97 Å². The maximum absolute atomic E-state index is 11.9. The van der Waals surface area contributed by atoms with Crippen molar-refractivity contribution in [2.75, 3.05) is 27.9 Å². The summed E-state index contributed by atoms with van der Waals surface area (Å²) in [5.74, 6) is 1.00. The van der Waals surface area contributed by atoms with Crippen molar-refractivity contribution in [2.24, 2.45) is 0 Å². The first-order valence-corrected chi connectivity index (χ1v) is 6.15. The van der Waals surface area contributed by atoms with Gasteiger partial charge in [0.25, 0.3) is 0 Å². The van der Waals surface area contributed by atoms with Gasteiger partial charge < -0.3 is 19.5 Å². The Balaban J connectivity index is 3.24. The van der Waals surface area contributed by atoms with Gasteiger partial charge in [-0.25, -0.2) is 4.79 Å². The summed E-state index contributed by atoms with van der Waals surface area (Å²) in [6.45, 7) is 4.03. The van der Waals surface area contributed by atoms with E-state index in [1.54, 1.807) is 34.3 Å². The number of ether oxygens (including phenoxy) is 3. The minimum atomic E-state index is -0.579. The molecule has 1 unspecified atom stereocenters. The predicted octanol–water partition coefficient (Wildman–Crippen LogP) is 1.84. The molecule has 1 N–H and O–H groups in total. The zero-order valence-electron chi connectivity index (χ0n) is 12.1. The highest BCUT2D eigenvalue weighted by Crippen LogP contribution is 2.32. The molecule has 1 rings (SSSR count). The van der Waals surface area contributed by atoms with Gasteiger partial charge in [0.15, 0.2) is 0 Å². The minimum absolute atomic E-state index is 0.336. The van der Waals surface area contributed by atoms with E-state index >= 15 is 0 Å². The van der Waals surface area contributed by atoms with Crippen molar-refractivity contribution in [1.82, 2.24) is 5.32 Å². The summed E-state index contributed by atoms with van der Waals surface area (Å²) < 4.78 is 15.7. The maximum atomic E-state index is 11.9. The molecule has 0 saturated carbocycles. The number of likely N-dealkylation sites (N-methyl/N-ethyl adjacent to an activating group) is 1.